The summed E-state index contributed by atoms with van der Waals surface area (Å²) in [5.74, 6) is -1.33. The van der Waals surface area contributed by atoms with Gasteiger partial charge in [-0.05, 0) is 36.6 Å². The fourth-order valence-electron chi connectivity index (χ4n) is 2.89. The van der Waals surface area contributed by atoms with Crippen molar-refractivity contribution >= 4 is 63.7 Å². The number of methoxy groups -OCH3 is 2. The molecule has 0 saturated heterocycles. The number of nitrogens with one attached hydrogen (secondary N) is 2. The van der Waals surface area contributed by atoms with Crippen LogP contribution in [0.1, 0.15) is 27.0 Å². The van der Waals surface area contributed by atoms with Crippen LogP contribution in [0.3, 0.4) is 0 Å². The molecule has 11 heteroatoms. The molecule has 2 N–H and O–H groups in total. The number of carbonyl (C=O) groups excluding carboxylic acids is 3. The van der Waals surface area contributed by atoms with E-state index in [2.05, 4.69) is 10.6 Å². The molecular formula is C23H20Cl2N2O6S. The molecule has 0 aliphatic heterocycles. The van der Waals surface area contributed by atoms with Gasteiger partial charge in [0.2, 0.25) is 0 Å². The lowest BCUT2D eigenvalue weighted by atomic mass is 10.1. The van der Waals surface area contributed by atoms with E-state index in [-0.39, 0.29) is 17.0 Å². The molecule has 2 aromatic carbocycles. The minimum Gasteiger partial charge on any atom is -0.493 e. The summed E-state index contributed by atoms with van der Waals surface area (Å²) in [5, 5.41) is 7.70. The molecule has 0 radical (unpaired) electrons. The molecule has 0 fully saturated rings. The Morgan fingerprint density at radius 3 is 2.18 bits per heavy atom. The van der Waals surface area contributed by atoms with Gasteiger partial charge in [-0.3, -0.25) is 9.59 Å². The van der Waals surface area contributed by atoms with Gasteiger partial charge in [0.1, 0.15) is 0 Å². The van der Waals surface area contributed by atoms with Crippen LogP contribution in [-0.4, -0.2) is 38.1 Å². The van der Waals surface area contributed by atoms with E-state index in [4.69, 9.17) is 37.4 Å². The first-order valence-electron chi connectivity index (χ1n) is 9.80. The highest BCUT2D eigenvalue weighted by atomic mass is 35.5. The summed E-state index contributed by atoms with van der Waals surface area (Å²) in [7, 11) is 2.83. The van der Waals surface area contributed by atoms with Crippen molar-refractivity contribution in [1.82, 2.24) is 0 Å². The molecule has 2 amide bonds. The summed E-state index contributed by atoms with van der Waals surface area (Å²) in [6.45, 7) is 1.41. The quantitative estimate of drug-likeness (QED) is 0.378. The van der Waals surface area contributed by atoms with Crippen LogP contribution in [0.25, 0.3) is 0 Å². The Kier molecular flexibility index (Phi) is 8.38. The minimum atomic E-state index is -1.18. The third-order valence-corrected chi connectivity index (χ3v) is 5.82. The number of thiophene rings is 1. The molecule has 34 heavy (non-hydrogen) atoms. The molecule has 3 aromatic rings. The van der Waals surface area contributed by atoms with E-state index in [1.807, 2.05) is 0 Å². The summed E-state index contributed by atoms with van der Waals surface area (Å²) >= 11 is 13.1. The van der Waals surface area contributed by atoms with Crippen molar-refractivity contribution in [3.05, 3.63) is 68.3 Å². The van der Waals surface area contributed by atoms with Gasteiger partial charge in [-0.2, -0.15) is 0 Å². The van der Waals surface area contributed by atoms with Crippen molar-refractivity contribution in [3.8, 4) is 11.5 Å². The Balaban J connectivity index is 1.82. The van der Waals surface area contributed by atoms with Gasteiger partial charge in [0, 0.05) is 27.9 Å². The van der Waals surface area contributed by atoms with Crippen LogP contribution in [0.15, 0.2) is 47.8 Å². The Labute approximate surface area is 209 Å². The van der Waals surface area contributed by atoms with Crippen molar-refractivity contribution in [2.24, 2.45) is 0 Å². The van der Waals surface area contributed by atoms with E-state index in [9.17, 15) is 14.4 Å². The number of rotatable bonds is 8. The van der Waals surface area contributed by atoms with E-state index in [0.717, 1.165) is 0 Å². The van der Waals surface area contributed by atoms with Crippen molar-refractivity contribution in [2.45, 2.75) is 13.0 Å². The van der Waals surface area contributed by atoms with Crippen molar-refractivity contribution < 1.29 is 28.6 Å². The lowest BCUT2D eigenvalue weighted by Gasteiger charge is -2.17. The number of halogens is 2. The summed E-state index contributed by atoms with van der Waals surface area (Å²) in [6, 6.07) is 10.7. The fourth-order valence-corrected chi connectivity index (χ4v) is 4.04. The number of anilines is 2. The van der Waals surface area contributed by atoms with E-state index in [1.165, 1.54) is 62.8 Å². The molecule has 0 bridgehead atoms. The molecule has 8 nitrogen and oxygen atoms in total. The summed E-state index contributed by atoms with van der Waals surface area (Å²) in [5.41, 5.74) is 0.462. The summed E-state index contributed by atoms with van der Waals surface area (Å²) < 4.78 is 15.9. The molecular weight excluding hydrogens is 503 g/mol. The highest BCUT2D eigenvalue weighted by Crippen LogP contribution is 2.34. The molecule has 0 aliphatic rings. The second kappa shape index (κ2) is 11.2. The Bertz CT molecular complexity index is 1200. The first-order chi connectivity index (χ1) is 16.2. The van der Waals surface area contributed by atoms with Gasteiger partial charge in [0.25, 0.3) is 11.8 Å². The van der Waals surface area contributed by atoms with Crippen LogP contribution >= 0.6 is 34.5 Å². The van der Waals surface area contributed by atoms with Gasteiger partial charge in [-0.15, -0.1) is 11.3 Å². The largest absolute Gasteiger partial charge is 0.493 e. The van der Waals surface area contributed by atoms with Crippen LogP contribution in [0.4, 0.5) is 11.4 Å². The van der Waals surface area contributed by atoms with Crippen molar-refractivity contribution in [2.75, 3.05) is 24.9 Å². The molecule has 3 rings (SSSR count). The molecule has 1 atom stereocenters. The third-order valence-electron chi connectivity index (χ3n) is 4.52. The highest BCUT2D eigenvalue weighted by molar-refractivity contribution is 7.12. The predicted molar refractivity (Wildman–Crippen MR) is 132 cm³/mol. The first kappa shape index (κ1) is 25.4. The zero-order chi connectivity index (χ0) is 24.8. The Hall–Kier alpha value is -3.27. The average Bonchev–Trinajstić information content (AvgIpc) is 3.33. The van der Waals surface area contributed by atoms with Crippen molar-refractivity contribution in [3.63, 3.8) is 0 Å². The summed E-state index contributed by atoms with van der Waals surface area (Å²) in [6.07, 6.45) is -1.18. The number of esters is 1. The van der Waals surface area contributed by atoms with Gasteiger partial charge in [-0.1, -0.05) is 29.3 Å². The van der Waals surface area contributed by atoms with Crippen molar-refractivity contribution in [1.29, 1.82) is 0 Å². The predicted octanol–water partition coefficient (Wildman–Crippen LogP) is 5.51. The number of hydrogen-bond donors (Lipinski definition) is 2. The minimum absolute atomic E-state index is 0.0204. The second-order valence-electron chi connectivity index (χ2n) is 6.88. The zero-order valence-corrected chi connectivity index (χ0v) is 20.6. The lowest BCUT2D eigenvalue weighted by molar-refractivity contribution is -0.123. The molecule has 0 saturated carbocycles. The molecule has 178 valence electrons. The zero-order valence-electron chi connectivity index (χ0n) is 18.3. The normalized spacial score (nSPS) is 11.3. The smallest absolute Gasteiger partial charge is 0.341 e. The molecule has 1 heterocycles. The number of benzene rings is 2. The van der Waals surface area contributed by atoms with E-state index >= 15 is 0 Å². The second-order valence-corrected chi connectivity index (χ2v) is 8.70. The topological polar surface area (TPSA) is 103 Å². The fraction of sp³-hybridized carbons (Fsp3) is 0.174. The van der Waals surface area contributed by atoms with Gasteiger partial charge < -0.3 is 24.8 Å². The Morgan fingerprint density at radius 1 is 0.941 bits per heavy atom. The number of hydrogen-bond acceptors (Lipinski definition) is 7. The molecule has 1 unspecified atom stereocenters. The van der Waals surface area contributed by atoms with Crippen LogP contribution in [0.5, 0.6) is 11.5 Å². The van der Waals surface area contributed by atoms with Gasteiger partial charge in [0.15, 0.2) is 17.6 Å². The monoisotopic (exact) mass is 522 g/mol. The Morgan fingerprint density at radius 2 is 1.59 bits per heavy atom. The number of ether oxygens (including phenoxy) is 3. The number of amides is 2. The maximum atomic E-state index is 13.0. The maximum absolute atomic E-state index is 13.0. The van der Waals surface area contributed by atoms with Gasteiger partial charge in [0.05, 0.1) is 30.3 Å². The van der Waals surface area contributed by atoms with E-state index < -0.39 is 23.9 Å². The first-order valence-corrected chi connectivity index (χ1v) is 11.4. The van der Waals surface area contributed by atoms with Crippen LogP contribution < -0.4 is 20.1 Å². The van der Waals surface area contributed by atoms with Crippen LogP contribution in [0.2, 0.25) is 10.0 Å². The summed E-state index contributed by atoms with van der Waals surface area (Å²) in [4.78, 5) is 38.6. The average molecular weight is 523 g/mol. The SMILES string of the molecule is COc1cc(NC(=O)c2cccs2)c(C(=O)OC(C)C(=O)Nc2cc(Cl)cc(Cl)c2)cc1OC. The molecule has 0 spiro atoms. The molecule has 1 aromatic heterocycles. The van der Waals surface area contributed by atoms with Gasteiger partial charge >= 0.3 is 5.97 Å². The standard InChI is InChI=1S/C23H20Cl2N2O6S/c1-12(21(28)26-15-8-13(24)7-14(25)9-15)33-23(30)16-10-18(31-2)19(32-3)11-17(16)27-22(29)20-5-4-6-34-20/h4-12H,1-3H3,(H,26,28)(H,27,29). The highest BCUT2D eigenvalue weighted by Gasteiger charge is 2.24. The van der Waals surface area contributed by atoms with E-state index in [1.54, 1.807) is 17.5 Å². The molecule has 0 aliphatic carbocycles. The third kappa shape index (κ3) is 6.19. The van der Waals surface area contributed by atoms with Gasteiger partial charge in [-0.25, -0.2) is 4.79 Å². The number of carbonyl (C=O) groups is 3. The van der Waals surface area contributed by atoms with Crippen LogP contribution in [0, 0.1) is 0 Å². The van der Waals surface area contributed by atoms with Crippen LogP contribution in [-0.2, 0) is 9.53 Å². The maximum Gasteiger partial charge on any atom is 0.341 e. The van der Waals surface area contributed by atoms with E-state index in [0.29, 0.717) is 26.4 Å². The lowest BCUT2D eigenvalue weighted by Crippen LogP contribution is -2.30.